The number of carbonyl (C=O) groups is 1. The van der Waals surface area contributed by atoms with Crippen LogP contribution in [0, 0.1) is 13.8 Å². The Hall–Kier alpha value is -2.10. The summed E-state index contributed by atoms with van der Waals surface area (Å²) in [5, 5.41) is 9.01. The third-order valence-electron chi connectivity index (χ3n) is 2.56. The summed E-state index contributed by atoms with van der Waals surface area (Å²) in [6.45, 7) is 3.57. The molecule has 4 nitrogen and oxygen atoms in total. The van der Waals surface area contributed by atoms with Gasteiger partial charge in [0.1, 0.15) is 11.5 Å². The van der Waals surface area contributed by atoms with Crippen molar-refractivity contribution in [3.05, 3.63) is 41.5 Å². The van der Waals surface area contributed by atoms with Crippen molar-refractivity contribution >= 4 is 5.97 Å². The number of nitrogens with zero attached hydrogens (tertiary/aromatic N) is 1. The van der Waals surface area contributed by atoms with E-state index in [4.69, 9.17) is 9.52 Å². The van der Waals surface area contributed by atoms with Crippen LogP contribution in [-0.2, 0) is 0 Å². The lowest BCUT2D eigenvalue weighted by Gasteiger charge is -2.06. The zero-order valence-corrected chi connectivity index (χ0v) is 9.02. The first-order valence-electron chi connectivity index (χ1n) is 4.84. The summed E-state index contributed by atoms with van der Waals surface area (Å²) in [7, 11) is 0. The van der Waals surface area contributed by atoms with Crippen molar-refractivity contribution in [1.29, 1.82) is 0 Å². The van der Waals surface area contributed by atoms with Crippen LogP contribution in [0.1, 0.15) is 21.7 Å². The largest absolute Gasteiger partial charge is 0.478 e. The van der Waals surface area contributed by atoms with Crippen LogP contribution in [0.15, 0.2) is 29.0 Å². The molecule has 1 heterocycles. The SMILES string of the molecule is Cc1ocnc1-c1cccc(C(=O)O)c1C. The maximum Gasteiger partial charge on any atom is 0.335 e. The van der Waals surface area contributed by atoms with E-state index in [1.807, 2.05) is 6.07 Å². The van der Waals surface area contributed by atoms with Crippen molar-refractivity contribution in [2.75, 3.05) is 0 Å². The predicted octanol–water partition coefficient (Wildman–Crippen LogP) is 2.66. The quantitative estimate of drug-likeness (QED) is 0.839. The molecule has 0 spiro atoms. The van der Waals surface area contributed by atoms with Gasteiger partial charge in [0, 0.05) is 5.56 Å². The van der Waals surface area contributed by atoms with Gasteiger partial charge in [0.05, 0.1) is 5.56 Å². The highest BCUT2D eigenvalue weighted by Crippen LogP contribution is 2.26. The van der Waals surface area contributed by atoms with Crippen LogP contribution in [0.25, 0.3) is 11.3 Å². The highest BCUT2D eigenvalue weighted by molar-refractivity contribution is 5.91. The zero-order chi connectivity index (χ0) is 11.7. The van der Waals surface area contributed by atoms with Crippen molar-refractivity contribution in [1.82, 2.24) is 4.98 Å². The Morgan fingerprint density at radius 1 is 1.38 bits per heavy atom. The molecule has 16 heavy (non-hydrogen) atoms. The lowest BCUT2D eigenvalue weighted by atomic mass is 9.99. The molecule has 0 aliphatic rings. The molecule has 2 rings (SSSR count). The molecule has 0 aliphatic carbocycles. The van der Waals surface area contributed by atoms with Gasteiger partial charge in [-0.2, -0.15) is 0 Å². The van der Waals surface area contributed by atoms with E-state index < -0.39 is 5.97 Å². The molecular formula is C12H11NO3. The first kappa shape index (κ1) is 10.4. The van der Waals surface area contributed by atoms with Gasteiger partial charge in [0.2, 0.25) is 0 Å². The second kappa shape index (κ2) is 3.81. The number of aryl methyl sites for hydroxylation is 1. The Bertz CT molecular complexity index is 543. The fraction of sp³-hybridized carbons (Fsp3) is 0.167. The normalized spacial score (nSPS) is 10.4. The van der Waals surface area contributed by atoms with Crippen LogP contribution in [0.3, 0.4) is 0 Å². The molecule has 82 valence electrons. The van der Waals surface area contributed by atoms with Crippen molar-refractivity contribution < 1.29 is 14.3 Å². The van der Waals surface area contributed by atoms with E-state index in [2.05, 4.69) is 4.98 Å². The minimum absolute atomic E-state index is 0.292. The van der Waals surface area contributed by atoms with Gasteiger partial charge in [0.25, 0.3) is 0 Å². The highest BCUT2D eigenvalue weighted by atomic mass is 16.4. The van der Waals surface area contributed by atoms with Gasteiger partial charge in [0.15, 0.2) is 6.39 Å². The number of aromatic nitrogens is 1. The summed E-state index contributed by atoms with van der Waals surface area (Å²) in [5.74, 6) is -0.244. The Kier molecular flexibility index (Phi) is 2.48. The molecule has 0 saturated carbocycles. The maximum atomic E-state index is 11.0. The smallest absolute Gasteiger partial charge is 0.335 e. The van der Waals surface area contributed by atoms with Crippen LogP contribution in [0.5, 0.6) is 0 Å². The summed E-state index contributed by atoms with van der Waals surface area (Å²) < 4.78 is 5.12. The highest BCUT2D eigenvalue weighted by Gasteiger charge is 2.14. The van der Waals surface area contributed by atoms with Gasteiger partial charge in [-0.15, -0.1) is 0 Å². The van der Waals surface area contributed by atoms with E-state index in [-0.39, 0.29) is 0 Å². The number of benzene rings is 1. The number of carboxylic acid groups (broad SMARTS) is 1. The van der Waals surface area contributed by atoms with Gasteiger partial charge in [-0.25, -0.2) is 9.78 Å². The number of oxazole rings is 1. The molecule has 0 radical (unpaired) electrons. The van der Waals surface area contributed by atoms with Gasteiger partial charge in [-0.05, 0) is 25.5 Å². The molecule has 2 aromatic rings. The van der Waals surface area contributed by atoms with E-state index >= 15 is 0 Å². The molecule has 0 fully saturated rings. The molecule has 0 bridgehead atoms. The van der Waals surface area contributed by atoms with Gasteiger partial charge in [-0.3, -0.25) is 0 Å². The number of hydrogen-bond acceptors (Lipinski definition) is 3. The van der Waals surface area contributed by atoms with Crippen LogP contribution in [-0.4, -0.2) is 16.1 Å². The summed E-state index contributed by atoms with van der Waals surface area (Å²) in [5.41, 5.74) is 2.48. The van der Waals surface area contributed by atoms with Gasteiger partial charge >= 0.3 is 5.97 Å². The molecule has 1 N–H and O–H groups in total. The third kappa shape index (κ3) is 1.58. The van der Waals surface area contributed by atoms with Crippen LogP contribution in [0.2, 0.25) is 0 Å². The topological polar surface area (TPSA) is 63.3 Å². The summed E-state index contributed by atoms with van der Waals surface area (Å²) >= 11 is 0. The standard InChI is InChI=1S/C12H11NO3/c1-7-9(11-8(2)16-6-13-11)4-3-5-10(7)12(14)15/h3-6H,1-2H3,(H,14,15). The Morgan fingerprint density at radius 2 is 2.12 bits per heavy atom. The summed E-state index contributed by atoms with van der Waals surface area (Å²) in [4.78, 5) is 15.1. The molecule has 0 saturated heterocycles. The molecule has 4 heteroatoms. The molecule has 1 aromatic heterocycles. The Balaban J connectivity index is 2.63. The van der Waals surface area contributed by atoms with E-state index in [0.717, 1.165) is 5.56 Å². The third-order valence-corrected chi connectivity index (χ3v) is 2.56. The monoisotopic (exact) mass is 217 g/mol. The maximum absolute atomic E-state index is 11.0. The van der Waals surface area contributed by atoms with Crippen molar-refractivity contribution in [3.63, 3.8) is 0 Å². The molecule has 0 amide bonds. The Morgan fingerprint density at radius 3 is 2.69 bits per heavy atom. The average Bonchev–Trinajstić information content (AvgIpc) is 2.64. The lowest BCUT2D eigenvalue weighted by molar-refractivity contribution is 0.0696. The van der Waals surface area contributed by atoms with E-state index in [9.17, 15) is 4.79 Å². The molecular weight excluding hydrogens is 206 g/mol. The van der Waals surface area contributed by atoms with E-state index in [1.54, 1.807) is 26.0 Å². The molecule has 1 aromatic carbocycles. The van der Waals surface area contributed by atoms with Gasteiger partial charge in [-0.1, -0.05) is 12.1 Å². The van der Waals surface area contributed by atoms with Crippen LogP contribution >= 0.6 is 0 Å². The first-order valence-corrected chi connectivity index (χ1v) is 4.84. The second-order valence-corrected chi connectivity index (χ2v) is 3.54. The van der Waals surface area contributed by atoms with Crippen LogP contribution < -0.4 is 0 Å². The van der Waals surface area contributed by atoms with E-state index in [1.165, 1.54) is 6.39 Å². The van der Waals surface area contributed by atoms with E-state index in [0.29, 0.717) is 22.6 Å². The predicted molar refractivity (Wildman–Crippen MR) is 58.4 cm³/mol. The second-order valence-electron chi connectivity index (χ2n) is 3.54. The molecule has 0 unspecified atom stereocenters. The number of carboxylic acids is 1. The van der Waals surface area contributed by atoms with Crippen molar-refractivity contribution in [2.24, 2.45) is 0 Å². The average molecular weight is 217 g/mol. The van der Waals surface area contributed by atoms with Crippen LogP contribution in [0.4, 0.5) is 0 Å². The molecule has 0 aliphatic heterocycles. The minimum atomic E-state index is -0.930. The summed E-state index contributed by atoms with van der Waals surface area (Å²) in [6, 6.07) is 5.13. The summed E-state index contributed by atoms with van der Waals surface area (Å²) in [6.07, 6.45) is 1.36. The van der Waals surface area contributed by atoms with Gasteiger partial charge < -0.3 is 9.52 Å². The fourth-order valence-electron chi connectivity index (χ4n) is 1.69. The lowest BCUT2D eigenvalue weighted by Crippen LogP contribution is -2.01. The van der Waals surface area contributed by atoms with Crippen molar-refractivity contribution in [2.45, 2.75) is 13.8 Å². The molecule has 0 atom stereocenters. The minimum Gasteiger partial charge on any atom is -0.478 e. The Labute approximate surface area is 92.6 Å². The van der Waals surface area contributed by atoms with Crippen molar-refractivity contribution in [3.8, 4) is 11.3 Å². The number of rotatable bonds is 2. The zero-order valence-electron chi connectivity index (χ0n) is 9.02. The fourth-order valence-corrected chi connectivity index (χ4v) is 1.69. The number of hydrogen-bond donors (Lipinski definition) is 1. The number of aromatic carboxylic acids is 1. The first-order chi connectivity index (χ1) is 7.61.